The topological polar surface area (TPSA) is 119 Å². The van der Waals surface area contributed by atoms with Gasteiger partial charge in [0.25, 0.3) is 5.91 Å². The van der Waals surface area contributed by atoms with Crippen LogP contribution in [0.3, 0.4) is 0 Å². The van der Waals surface area contributed by atoms with E-state index in [1.165, 1.54) is 13.5 Å². The van der Waals surface area contributed by atoms with E-state index in [-0.39, 0.29) is 17.8 Å². The summed E-state index contributed by atoms with van der Waals surface area (Å²) in [7, 11) is 1.50. The molecule has 1 saturated carbocycles. The van der Waals surface area contributed by atoms with Gasteiger partial charge in [-0.15, -0.1) is 0 Å². The van der Waals surface area contributed by atoms with Gasteiger partial charge in [0, 0.05) is 34.4 Å². The summed E-state index contributed by atoms with van der Waals surface area (Å²) in [6.45, 7) is 0.490. The molecule has 0 spiro atoms. The molecule has 1 amide bonds. The van der Waals surface area contributed by atoms with Crippen molar-refractivity contribution in [2.24, 2.45) is 11.5 Å². The number of nitrogen functional groups attached to an aromatic ring is 1. The molecular formula is C34H37N5O2. The number of fused-ring (bicyclic) bond motifs is 2. The number of aromatic nitrogens is 1. The largest absolute Gasteiger partial charge is 0.457 e. The molecule has 0 bridgehead atoms. The fraction of sp³-hybridized carbons (Fsp3) is 0.235. The van der Waals surface area contributed by atoms with Crippen LogP contribution in [0.5, 0.6) is 11.5 Å². The van der Waals surface area contributed by atoms with Crippen molar-refractivity contribution in [3.05, 3.63) is 108 Å². The molecule has 7 nitrogen and oxygen atoms in total. The molecule has 0 atom stereocenters. The molecule has 1 fully saturated rings. The zero-order valence-electron chi connectivity index (χ0n) is 23.4. The highest BCUT2D eigenvalue weighted by Crippen LogP contribution is 2.33. The van der Waals surface area contributed by atoms with Crippen molar-refractivity contribution in [1.29, 1.82) is 5.41 Å². The number of nitrogens with zero attached hydrogens (tertiary/aromatic N) is 1. The average Bonchev–Trinajstić information content (AvgIpc) is 3.38. The zero-order valence-corrected chi connectivity index (χ0v) is 23.4. The first kappa shape index (κ1) is 27.9. The van der Waals surface area contributed by atoms with E-state index in [0.29, 0.717) is 17.8 Å². The third-order valence-electron chi connectivity index (χ3n) is 7.66. The fourth-order valence-electron chi connectivity index (χ4n) is 5.63. The van der Waals surface area contributed by atoms with Crippen LogP contribution >= 0.6 is 0 Å². The Balaban J connectivity index is 0.00000165. The maximum atomic E-state index is 13.6. The van der Waals surface area contributed by atoms with E-state index < -0.39 is 0 Å². The van der Waals surface area contributed by atoms with Crippen LogP contribution in [-0.2, 0) is 6.54 Å². The highest BCUT2D eigenvalue weighted by Gasteiger charge is 2.22. The van der Waals surface area contributed by atoms with Crippen molar-refractivity contribution in [2.45, 2.75) is 44.7 Å². The molecule has 1 aromatic heterocycles. The second-order valence-corrected chi connectivity index (χ2v) is 10.3. The Bertz CT molecular complexity index is 1670. The highest BCUT2D eigenvalue weighted by atomic mass is 16.5. The maximum Gasteiger partial charge on any atom is 0.268 e. The van der Waals surface area contributed by atoms with Gasteiger partial charge in [-0.3, -0.25) is 10.2 Å². The number of para-hydroxylation sites is 1. The molecule has 0 unspecified atom stereocenters. The number of amides is 1. The van der Waals surface area contributed by atoms with Gasteiger partial charge in [0.2, 0.25) is 0 Å². The highest BCUT2D eigenvalue weighted by molar-refractivity contribution is 6.02. The molecule has 0 radical (unpaired) electrons. The molecule has 41 heavy (non-hydrogen) atoms. The average molecular weight is 548 g/mol. The van der Waals surface area contributed by atoms with E-state index in [4.69, 9.17) is 15.9 Å². The van der Waals surface area contributed by atoms with Gasteiger partial charge in [0.05, 0.1) is 0 Å². The summed E-state index contributed by atoms with van der Waals surface area (Å²) in [6, 6.07) is 29.9. The molecule has 5 aromatic rings. The van der Waals surface area contributed by atoms with Crippen molar-refractivity contribution in [2.75, 3.05) is 7.05 Å². The zero-order chi connectivity index (χ0) is 28.8. The molecule has 0 saturated heterocycles. The third-order valence-corrected chi connectivity index (χ3v) is 7.66. The van der Waals surface area contributed by atoms with Crippen LogP contribution in [0.4, 0.5) is 0 Å². The lowest BCUT2D eigenvalue weighted by atomic mass is 9.95. The number of hydrogen-bond acceptors (Lipinski definition) is 4. The maximum absolute atomic E-state index is 13.6. The predicted octanol–water partition coefficient (Wildman–Crippen LogP) is 6.56. The van der Waals surface area contributed by atoms with E-state index in [1.54, 1.807) is 0 Å². The van der Waals surface area contributed by atoms with E-state index in [0.717, 1.165) is 64.4 Å². The van der Waals surface area contributed by atoms with Crippen molar-refractivity contribution in [3.63, 3.8) is 0 Å². The lowest BCUT2D eigenvalue weighted by Gasteiger charge is -2.23. The monoisotopic (exact) mass is 547 g/mol. The Kier molecular flexibility index (Phi) is 8.65. The van der Waals surface area contributed by atoms with Crippen molar-refractivity contribution < 1.29 is 9.53 Å². The molecular weight excluding hydrogens is 510 g/mol. The van der Waals surface area contributed by atoms with E-state index in [1.807, 2.05) is 72.8 Å². The van der Waals surface area contributed by atoms with Crippen LogP contribution in [0.15, 0.2) is 91.0 Å². The van der Waals surface area contributed by atoms with E-state index in [9.17, 15) is 4.79 Å². The van der Waals surface area contributed by atoms with Gasteiger partial charge in [0.1, 0.15) is 23.0 Å². The Morgan fingerprint density at radius 1 is 0.902 bits per heavy atom. The SMILES string of the molecule is CN.N=C(N)c1ccc2cc(C(=O)NC3CCCCC3)n(Cc3ccc(Oc4ccccc4)c4ccccc34)c2c1. The molecule has 1 aliphatic carbocycles. The number of rotatable bonds is 7. The molecule has 7 heteroatoms. The van der Waals surface area contributed by atoms with E-state index >= 15 is 0 Å². The molecule has 210 valence electrons. The van der Waals surface area contributed by atoms with Gasteiger partial charge in [-0.1, -0.05) is 79.9 Å². The first-order valence-corrected chi connectivity index (χ1v) is 14.2. The normalized spacial score (nSPS) is 13.4. The number of ether oxygens (including phenoxy) is 1. The minimum Gasteiger partial charge on any atom is -0.457 e. The van der Waals surface area contributed by atoms with Gasteiger partial charge in [0.15, 0.2) is 0 Å². The Labute approximate surface area is 240 Å². The van der Waals surface area contributed by atoms with E-state index in [2.05, 4.69) is 33.8 Å². The van der Waals surface area contributed by atoms with Gasteiger partial charge in [-0.25, -0.2) is 0 Å². The fourth-order valence-corrected chi connectivity index (χ4v) is 5.63. The summed E-state index contributed by atoms with van der Waals surface area (Å²) in [5, 5.41) is 14.3. The molecule has 4 aromatic carbocycles. The molecule has 0 aliphatic heterocycles. The smallest absolute Gasteiger partial charge is 0.268 e. The number of carbonyl (C=O) groups is 1. The number of benzene rings is 4. The standard InChI is InChI=1S/C33H32N4O2.CH5N/c34-32(35)23-16-15-22-19-30(33(38)36-25-9-3-1-4-10-25)37(29(22)20-23)21-24-17-18-31(28-14-8-7-13-27(24)28)39-26-11-5-2-6-12-26;1-2/h2,5-8,11-20,25H,1,3-4,9-10,21H2,(H3,34,35)(H,36,38);2H2,1H3. The summed E-state index contributed by atoms with van der Waals surface area (Å²) in [5.74, 6) is 1.51. The first-order valence-electron chi connectivity index (χ1n) is 14.2. The summed E-state index contributed by atoms with van der Waals surface area (Å²) in [6.07, 6.45) is 5.58. The summed E-state index contributed by atoms with van der Waals surface area (Å²) >= 11 is 0. The van der Waals surface area contributed by atoms with Gasteiger partial charge in [-0.05, 0) is 61.2 Å². The number of carbonyl (C=O) groups excluding carboxylic acids is 1. The molecule has 6 N–H and O–H groups in total. The minimum absolute atomic E-state index is 0.00530. The predicted molar refractivity (Wildman–Crippen MR) is 167 cm³/mol. The molecule has 6 rings (SSSR count). The summed E-state index contributed by atoms with van der Waals surface area (Å²) < 4.78 is 8.29. The van der Waals surface area contributed by atoms with Gasteiger partial charge in [-0.2, -0.15) is 0 Å². The number of hydrogen-bond donors (Lipinski definition) is 4. The van der Waals surface area contributed by atoms with Crippen LogP contribution < -0.4 is 21.5 Å². The van der Waals surface area contributed by atoms with Crippen LogP contribution in [0.2, 0.25) is 0 Å². The number of nitrogens with two attached hydrogens (primary N) is 2. The second-order valence-electron chi connectivity index (χ2n) is 10.3. The van der Waals surface area contributed by atoms with Gasteiger partial charge >= 0.3 is 0 Å². The second kappa shape index (κ2) is 12.7. The summed E-state index contributed by atoms with van der Waals surface area (Å²) in [5.41, 5.74) is 13.5. The lowest BCUT2D eigenvalue weighted by Crippen LogP contribution is -2.37. The minimum atomic E-state index is -0.0594. The van der Waals surface area contributed by atoms with Crippen LogP contribution in [0, 0.1) is 5.41 Å². The quantitative estimate of drug-likeness (QED) is 0.136. The Morgan fingerprint density at radius 3 is 2.34 bits per heavy atom. The number of amidine groups is 1. The Morgan fingerprint density at radius 2 is 1.61 bits per heavy atom. The third kappa shape index (κ3) is 6.10. The van der Waals surface area contributed by atoms with Crippen molar-refractivity contribution in [1.82, 2.24) is 9.88 Å². The van der Waals surface area contributed by atoms with Crippen molar-refractivity contribution in [3.8, 4) is 11.5 Å². The summed E-state index contributed by atoms with van der Waals surface area (Å²) in [4.78, 5) is 13.6. The van der Waals surface area contributed by atoms with Gasteiger partial charge < -0.3 is 26.1 Å². The van der Waals surface area contributed by atoms with Crippen LogP contribution in [-0.4, -0.2) is 29.4 Å². The lowest BCUT2D eigenvalue weighted by molar-refractivity contribution is 0.0919. The molecule has 1 aliphatic rings. The van der Waals surface area contributed by atoms with Crippen molar-refractivity contribution >= 4 is 33.4 Å². The molecule has 1 heterocycles. The Hall–Kier alpha value is -4.62. The number of nitrogens with one attached hydrogen (secondary N) is 2. The van der Waals surface area contributed by atoms with Crippen LogP contribution in [0.1, 0.15) is 53.7 Å². The first-order chi connectivity index (χ1) is 20.1. The van der Waals surface area contributed by atoms with Crippen LogP contribution in [0.25, 0.3) is 21.7 Å².